The number of carboxylic acids is 1. The summed E-state index contributed by atoms with van der Waals surface area (Å²) < 4.78 is 0. The first kappa shape index (κ1) is 11.0. The van der Waals surface area contributed by atoms with Crippen molar-refractivity contribution < 1.29 is 14.7 Å². The van der Waals surface area contributed by atoms with Gasteiger partial charge >= 0.3 is 5.97 Å². The molecule has 1 aliphatic rings. The number of carboxylic acid groups (broad SMARTS) is 1. The molecule has 0 bridgehead atoms. The first-order chi connectivity index (χ1) is 6.59. The van der Waals surface area contributed by atoms with E-state index in [-0.39, 0.29) is 24.4 Å². The fourth-order valence-corrected chi connectivity index (χ4v) is 1.77. The van der Waals surface area contributed by atoms with Crippen LogP contribution in [0, 0.1) is 5.92 Å². The fraction of sp³-hybridized carbons (Fsp3) is 0.778. The van der Waals surface area contributed by atoms with E-state index in [0.29, 0.717) is 6.42 Å². The molecule has 0 aromatic rings. The third-order valence-corrected chi connectivity index (χ3v) is 2.50. The van der Waals surface area contributed by atoms with Crippen LogP contribution in [0.5, 0.6) is 0 Å². The molecule has 1 amide bonds. The Morgan fingerprint density at radius 3 is 2.71 bits per heavy atom. The summed E-state index contributed by atoms with van der Waals surface area (Å²) >= 11 is 0. The van der Waals surface area contributed by atoms with Crippen LogP contribution in [-0.4, -0.2) is 29.6 Å². The normalized spacial score (nSPS) is 26.9. The van der Waals surface area contributed by atoms with Crippen molar-refractivity contribution in [3.05, 3.63) is 0 Å². The second-order valence-corrected chi connectivity index (χ2v) is 3.74. The molecule has 5 heteroatoms. The topological polar surface area (TPSA) is 92.4 Å². The van der Waals surface area contributed by atoms with Crippen LogP contribution in [0.25, 0.3) is 0 Å². The van der Waals surface area contributed by atoms with Gasteiger partial charge < -0.3 is 16.2 Å². The van der Waals surface area contributed by atoms with E-state index in [1.54, 1.807) is 0 Å². The minimum Gasteiger partial charge on any atom is -0.480 e. The molecule has 5 nitrogen and oxygen atoms in total. The van der Waals surface area contributed by atoms with Crippen LogP contribution >= 0.6 is 0 Å². The summed E-state index contributed by atoms with van der Waals surface area (Å²) in [6.07, 6.45) is 3.40. The van der Waals surface area contributed by atoms with Gasteiger partial charge in [0.1, 0.15) is 6.54 Å². The first-order valence-corrected chi connectivity index (χ1v) is 4.84. The molecule has 80 valence electrons. The van der Waals surface area contributed by atoms with Crippen LogP contribution in [-0.2, 0) is 9.59 Å². The number of amides is 1. The van der Waals surface area contributed by atoms with Gasteiger partial charge in [-0.3, -0.25) is 9.59 Å². The van der Waals surface area contributed by atoms with Crippen molar-refractivity contribution in [1.82, 2.24) is 5.32 Å². The number of carbonyl (C=O) groups excluding carboxylic acids is 1. The van der Waals surface area contributed by atoms with Gasteiger partial charge in [0.2, 0.25) is 5.91 Å². The number of carbonyl (C=O) groups is 2. The highest BCUT2D eigenvalue weighted by Gasteiger charge is 2.25. The number of hydrogen-bond acceptors (Lipinski definition) is 3. The predicted molar refractivity (Wildman–Crippen MR) is 50.6 cm³/mol. The Morgan fingerprint density at radius 1 is 1.43 bits per heavy atom. The second-order valence-electron chi connectivity index (χ2n) is 3.74. The monoisotopic (exact) mass is 200 g/mol. The van der Waals surface area contributed by atoms with E-state index < -0.39 is 5.97 Å². The molecule has 0 radical (unpaired) electrons. The minimum atomic E-state index is -1.02. The summed E-state index contributed by atoms with van der Waals surface area (Å²) in [4.78, 5) is 21.6. The van der Waals surface area contributed by atoms with Crippen LogP contribution < -0.4 is 11.1 Å². The Morgan fingerprint density at radius 2 is 2.14 bits per heavy atom. The van der Waals surface area contributed by atoms with Crippen molar-refractivity contribution in [2.75, 3.05) is 6.54 Å². The van der Waals surface area contributed by atoms with Crippen molar-refractivity contribution in [3.8, 4) is 0 Å². The Balaban J connectivity index is 2.32. The molecule has 0 aromatic heterocycles. The van der Waals surface area contributed by atoms with Gasteiger partial charge in [-0.2, -0.15) is 0 Å². The molecule has 0 spiro atoms. The van der Waals surface area contributed by atoms with Crippen LogP contribution in [0.1, 0.15) is 25.7 Å². The lowest BCUT2D eigenvalue weighted by Gasteiger charge is -2.25. The molecule has 1 aliphatic carbocycles. The molecule has 1 rings (SSSR count). The second kappa shape index (κ2) is 4.95. The summed E-state index contributed by atoms with van der Waals surface area (Å²) in [5.41, 5.74) is 5.72. The third-order valence-electron chi connectivity index (χ3n) is 2.50. The molecule has 1 saturated carbocycles. The maximum atomic E-state index is 11.4. The van der Waals surface area contributed by atoms with Crippen molar-refractivity contribution >= 4 is 11.9 Å². The van der Waals surface area contributed by atoms with Gasteiger partial charge in [0.15, 0.2) is 0 Å². The molecular formula is C9H16N2O3. The maximum absolute atomic E-state index is 11.4. The zero-order chi connectivity index (χ0) is 10.6. The quantitative estimate of drug-likeness (QED) is 0.583. The fourth-order valence-electron chi connectivity index (χ4n) is 1.77. The lowest BCUT2D eigenvalue weighted by Crippen LogP contribution is -2.39. The van der Waals surface area contributed by atoms with E-state index in [4.69, 9.17) is 10.8 Å². The number of aliphatic carboxylic acids is 1. The van der Waals surface area contributed by atoms with Crippen molar-refractivity contribution in [3.63, 3.8) is 0 Å². The molecule has 0 saturated heterocycles. The molecule has 0 aliphatic heterocycles. The van der Waals surface area contributed by atoms with Gasteiger partial charge in [-0.25, -0.2) is 0 Å². The average molecular weight is 200 g/mol. The molecule has 4 N–H and O–H groups in total. The van der Waals surface area contributed by atoms with E-state index in [0.717, 1.165) is 19.3 Å². The van der Waals surface area contributed by atoms with Crippen molar-refractivity contribution in [2.45, 2.75) is 31.7 Å². The summed E-state index contributed by atoms with van der Waals surface area (Å²) in [6, 6.07) is 0.0873. The SMILES string of the molecule is NC1CCCC(C(=O)NCC(=O)O)C1. The van der Waals surface area contributed by atoms with E-state index >= 15 is 0 Å². The highest BCUT2D eigenvalue weighted by Crippen LogP contribution is 2.22. The van der Waals surface area contributed by atoms with Gasteiger partial charge in [0.25, 0.3) is 0 Å². The van der Waals surface area contributed by atoms with Crippen LogP contribution in [0.2, 0.25) is 0 Å². The van der Waals surface area contributed by atoms with E-state index in [1.165, 1.54) is 0 Å². The zero-order valence-electron chi connectivity index (χ0n) is 8.03. The lowest BCUT2D eigenvalue weighted by atomic mass is 9.85. The molecule has 14 heavy (non-hydrogen) atoms. The summed E-state index contributed by atoms with van der Waals surface area (Å²) in [5.74, 6) is -1.29. The molecule has 0 heterocycles. The van der Waals surface area contributed by atoms with Crippen LogP contribution in [0.4, 0.5) is 0 Å². The summed E-state index contributed by atoms with van der Waals surface area (Å²) in [6.45, 7) is -0.301. The molecule has 1 fully saturated rings. The average Bonchev–Trinajstić information content (AvgIpc) is 2.14. The highest BCUT2D eigenvalue weighted by atomic mass is 16.4. The van der Waals surface area contributed by atoms with Gasteiger partial charge in [-0.15, -0.1) is 0 Å². The molecule has 2 unspecified atom stereocenters. The summed E-state index contributed by atoms with van der Waals surface area (Å²) in [5, 5.41) is 10.8. The lowest BCUT2D eigenvalue weighted by molar-refractivity contribution is -0.138. The first-order valence-electron chi connectivity index (χ1n) is 4.84. The number of nitrogens with one attached hydrogen (secondary N) is 1. The predicted octanol–water partition coefficient (Wildman–Crippen LogP) is -0.295. The standard InChI is InChI=1S/C9H16N2O3/c10-7-3-1-2-6(4-7)9(14)11-5-8(12)13/h6-7H,1-5,10H2,(H,11,14)(H,12,13). The molecule has 2 atom stereocenters. The van der Waals surface area contributed by atoms with Gasteiger partial charge in [0.05, 0.1) is 0 Å². The van der Waals surface area contributed by atoms with E-state index in [1.807, 2.05) is 0 Å². The van der Waals surface area contributed by atoms with Crippen molar-refractivity contribution in [2.24, 2.45) is 11.7 Å². The van der Waals surface area contributed by atoms with Gasteiger partial charge in [-0.05, 0) is 19.3 Å². The smallest absolute Gasteiger partial charge is 0.322 e. The van der Waals surface area contributed by atoms with Crippen LogP contribution in [0.3, 0.4) is 0 Å². The third kappa shape index (κ3) is 3.33. The Kier molecular flexibility index (Phi) is 3.88. The minimum absolute atomic E-state index is 0.0873. The van der Waals surface area contributed by atoms with Gasteiger partial charge in [-0.1, -0.05) is 6.42 Å². The Labute approximate surface area is 82.7 Å². The highest BCUT2D eigenvalue weighted by molar-refractivity contribution is 5.82. The van der Waals surface area contributed by atoms with E-state index in [2.05, 4.69) is 5.32 Å². The zero-order valence-corrected chi connectivity index (χ0v) is 8.03. The van der Waals surface area contributed by atoms with Gasteiger partial charge in [0, 0.05) is 12.0 Å². The molecular weight excluding hydrogens is 184 g/mol. The maximum Gasteiger partial charge on any atom is 0.322 e. The van der Waals surface area contributed by atoms with E-state index in [9.17, 15) is 9.59 Å². The van der Waals surface area contributed by atoms with Crippen molar-refractivity contribution in [1.29, 1.82) is 0 Å². The molecule has 0 aromatic carbocycles. The Bertz CT molecular complexity index is 230. The number of nitrogens with two attached hydrogens (primary N) is 1. The number of rotatable bonds is 3. The largest absolute Gasteiger partial charge is 0.480 e. The number of hydrogen-bond donors (Lipinski definition) is 3. The summed E-state index contributed by atoms with van der Waals surface area (Å²) in [7, 11) is 0. The Hall–Kier alpha value is -1.10. The van der Waals surface area contributed by atoms with Crippen LogP contribution in [0.15, 0.2) is 0 Å².